The van der Waals surface area contributed by atoms with E-state index < -0.39 is 0 Å². The van der Waals surface area contributed by atoms with Gasteiger partial charge in [0, 0.05) is 17.1 Å². The first-order valence-corrected chi connectivity index (χ1v) is 3.41. The van der Waals surface area contributed by atoms with Gasteiger partial charge in [-0.25, -0.2) is 19.0 Å². The van der Waals surface area contributed by atoms with Crippen molar-refractivity contribution in [1.82, 2.24) is 0 Å². The van der Waals surface area contributed by atoms with Crippen LogP contribution in [0.2, 0.25) is 0 Å². The van der Waals surface area contributed by atoms with E-state index in [4.69, 9.17) is 0 Å². The van der Waals surface area contributed by atoms with E-state index in [1.807, 2.05) is 0 Å². The molecule has 11 heavy (non-hydrogen) atoms. The Morgan fingerprint density at radius 3 is 0.909 bits per heavy atom. The molecule has 0 saturated heterocycles. The molecule has 0 aliphatic carbocycles. The molecule has 0 aromatic rings. The first kappa shape index (κ1) is 17.4. The molecule has 0 spiro atoms. The fraction of sp³-hybridized carbons (Fsp3) is 0. The van der Waals surface area contributed by atoms with Gasteiger partial charge in [0.15, 0.2) is 0 Å². The van der Waals surface area contributed by atoms with Gasteiger partial charge in [-0.1, -0.05) is 0 Å². The quantitative estimate of drug-likeness (QED) is 0.141. The molecule has 0 aromatic carbocycles. The summed E-state index contributed by atoms with van der Waals surface area (Å²) in [7, 11) is 0. The summed E-state index contributed by atoms with van der Waals surface area (Å²) >= 11 is 16.9. The Labute approximate surface area is 97.7 Å². The summed E-state index contributed by atoms with van der Waals surface area (Å²) < 4.78 is 0.148. The van der Waals surface area contributed by atoms with Gasteiger partial charge in [-0.2, -0.15) is 0 Å². The number of hydrogen-bond donors (Lipinski definition) is 2. The van der Waals surface area contributed by atoms with Crippen molar-refractivity contribution < 1.29 is 17.1 Å². The summed E-state index contributed by atoms with van der Waals surface area (Å²) in [5.74, 6) is 9.10. The minimum Gasteiger partial charge on any atom is -0.787 e. The molecular weight excluding hydrogens is 263 g/mol. The molecule has 0 unspecified atom stereocenters. The molecular formula is C2H4MnN4S4-4. The smallest absolute Gasteiger partial charge is 0 e. The van der Waals surface area contributed by atoms with Crippen LogP contribution in [0.15, 0.2) is 10.2 Å². The van der Waals surface area contributed by atoms with E-state index in [9.17, 15) is 0 Å². The summed E-state index contributed by atoms with van der Waals surface area (Å²) in [6.45, 7) is 0. The van der Waals surface area contributed by atoms with Gasteiger partial charge in [-0.15, -0.1) is 0 Å². The van der Waals surface area contributed by atoms with E-state index in [0.717, 1.165) is 0 Å². The zero-order valence-corrected chi connectivity index (χ0v) is 9.51. The second kappa shape index (κ2) is 13.0. The molecule has 0 atom stereocenters. The van der Waals surface area contributed by atoms with E-state index in [0.29, 0.717) is 0 Å². The normalized spacial score (nSPS) is 5.82. The minimum atomic E-state index is 0. The molecule has 0 aliphatic rings. The number of nitrogens with two attached hydrogens (primary N) is 2. The van der Waals surface area contributed by atoms with Crippen LogP contribution < -0.4 is 11.7 Å². The molecule has 0 saturated carbocycles. The molecule has 67 valence electrons. The van der Waals surface area contributed by atoms with Gasteiger partial charge in [-0.05, 0) is 0 Å². The van der Waals surface area contributed by atoms with Crippen molar-refractivity contribution in [3.63, 3.8) is 0 Å². The number of nitrogens with zero attached hydrogens (tertiary/aromatic N) is 2. The predicted molar refractivity (Wildman–Crippen MR) is 52.7 cm³/mol. The molecule has 0 aliphatic heterocycles. The molecule has 9 heteroatoms. The molecule has 0 aromatic heterocycles. The van der Waals surface area contributed by atoms with E-state index in [1.54, 1.807) is 0 Å². The summed E-state index contributed by atoms with van der Waals surface area (Å²) in [6, 6.07) is 0. The Hall–Kier alpha value is 0.339. The van der Waals surface area contributed by atoms with Gasteiger partial charge in [-0.3, -0.25) is 0 Å². The fourth-order valence-electron chi connectivity index (χ4n) is 0. The first-order chi connectivity index (χ1) is 4.54. The zero-order chi connectivity index (χ0) is 8.57. The average molecular weight is 267 g/mol. The predicted octanol–water partition coefficient (Wildman–Crippen LogP) is -1.38. The summed E-state index contributed by atoms with van der Waals surface area (Å²) in [4.78, 5) is 0. The standard InChI is InChI=1S/2CH4N2S2.Mn/c2*2-3-1(4)5;/h2*2H2,(H2,3,4,5);/p-4. The van der Waals surface area contributed by atoms with Crippen LogP contribution in [0.4, 0.5) is 0 Å². The molecule has 0 bridgehead atoms. The van der Waals surface area contributed by atoms with Crippen LogP contribution in [0.25, 0.3) is 0 Å². The second-order valence-electron chi connectivity index (χ2n) is 0.790. The molecule has 0 amide bonds. The van der Waals surface area contributed by atoms with Crippen molar-refractivity contribution >= 4 is 59.3 Å². The van der Waals surface area contributed by atoms with E-state index in [-0.39, 0.29) is 25.8 Å². The summed E-state index contributed by atoms with van der Waals surface area (Å²) in [5.41, 5.74) is 0. The largest absolute Gasteiger partial charge is 0.787 e. The Balaban J connectivity index is -0.000000107. The van der Waals surface area contributed by atoms with Crippen molar-refractivity contribution in [3.05, 3.63) is 0 Å². The average Bonchev–Trinajstić information content (AvgIpc) is 1.89. The SMILES string of the molecule is NN=C([S-])[S-].NN=C([S-])[S-].[Mn]. The Morgan fingerprint density at radius 2 is 0.909 bits per heavy atom. The maximum absolute atomic E-state index is 4.55. The van der Waals surface area contributed by atoms with Crippen molar-refractivity contribution in [2.75, 3.05) is 0 Å². The molecule has 0 rings (SSSR count). The van der Waals surface area contributed by atoms with Gasteiger partial charge in [0.25, 0.3) is 0 Å². The fourth-order valence-corrected chi connectivity index (χ4v) is 0. The third-order valence-electron chi connectivity index (χ3n) is 0.211. The van der Waals surface area contributed by atoms with E-state index in [2.05, 4.69) is 72.4 Å². The number of rotatable bonds is 0. The Morgan fingerprint density at radius 1 is 0.818 bits per heavy atom. The zero-order valence-electron chi connectivity index (χ0n) is 5.06. The Bertz CT molecular complexity index is 112. The molecule has 1 radical (unpaired) electrons. The second-order valence-corrected chi connectivity index (χ2v) is 2.85. The maximum Gasteiger partial charge on any atom is 0 e. The van der Waals surface area contributed by atoms with Gasteiger partial charge in [0.2, 0.25) is 0 Å². The first-order valence-electron chi connectivity index (χ1n) is 1.78. The van der Waals surface area contributed by atoms with Crippen LogP contribution in [0.3, 0.4) is 0 Å². The molecule has 4 N–H and O–H groups in total. The van der Waals surface area contributed by atoms with Gasteiger partial charge in [0.05, 0.1) is 0 Å². The van der Waals surface area contributed by atoms with Crippen LogP contribution in [-0.2, 0) is 67.6 Å². The minimum absolute atomic E-state index is 0. The molecule has 0 heterocycles. The maximum atomic E-state index is 4.55. The summed E-state index contributed by atoms with van der Waals surface area (Å²) in [5, 5.41) is 5.87. The van der Waals surface area contributed by atoms with Crippen molar-refractivity contribution in [1.29, 1.82) is 0 Å². The summed E-state index contributed by atoms with van der Waals surface area (Å²) in [6.07, 6.45) is 0. The van der Waals surface area contributed by atoms with Crippen LogP contribution in [0.5, 0.6) is 0 Å². The third kappa shape index (κ3) is 38.2. The topological polar surface area (TPSA) is 76.8 Å². The Kier molecular flexibility index (Phi) is 20.5. The molecule has 0 fully saturated rings. The monoisotopic (exact) mass is 267 g/mol. The number of hydrazone groups is 2. The third-order valence-corrected chi connectivity index (χ3v) is 0.632. The van der Waals surface area contributed by atoms with Crippen LogP contribution in [0, 0.1) is 0 Å². The number of hydrogen-bond acceptors (Lipinski definition) is 8. The van der Waals surface area contributed by atoms with Gasteiger partial charge < -0.3 is 62.2 Å². The molecule has 4 nitrogen and oxygen atoms in total. The van der Waals surface area contributed by atoms with Crippen LogP contribution >= 0.6 is 0 Å². The van der Waals surface area contributed by atoms with E-state index >= 15 is 0 Å². The van der Waals surface area contributed by atoms with Crippen molar-refractivity contribution in [3.8, 4) is 0 Å². The van der Waals surface area contributed by atoms with Crippen molar-refractivity contribution in [2.24, 2.45) is 21.9 Å². The van der Waals surface area contributed by atoms with Gasteiger partial charge in [0.1, 0.15) is 0 Å². The van der Waals surface area contributed by atoms with Crippen LogP contribution in [-0.4, -0.2) is 8.75 Å². The van der Waals surface area contributed by atoms with Gasteiger partial charge >= 0.3 is 0 Å². The van der Waals surface area contributed by atoms with E-state index in [1.165, 1.54) is 0 Å². The van der Waals surface area contributed by atoms with Crippen LogP contribution in [0.1, 0.15) is 0 Å². The van der Waals surface area contributed by atoms with Crippen molar-refractivity contribution in [2.45, 2.75) is 0 Å².